The van der Waals surface area contributed by atoms with Crippen LogP contribution in [0, 0.1) is 11.7 Å². The number of nitrogens with zero attached hydrogens (tertiary/aromatic N) is 2. The number of carbonyl (C=O) groups is 4. The minimum atomic E-state index is -4.10. The second kappa shape index (κ2) is 16.7. The van der Waals surface area contributed by atoms with Gasteiger partial charge in [-0.1, -0.05) is 19.1 Å². The van der Waals surface area contributed by atoms with Crippen LogP contribution in [0.2, 0.25) is 0 Å². The van der Waals surface area contributed by atoms with Gasteiger partial charge in [-0.05, 0) is 96.7 Å². The van der Waals surface area contributed by atoms with Crippen LogP contribution in [0.5, 0.6) is 11.6 Å². The third-order valence-electron chi connectivity index (χ3n) is 12.0. The number of hydrogen-bond donors (Lipinski definition) is 3. The molecular formula is C41H54F3N5O10S. The molecule has 4 amide bonds. The topological polar surface area (TPSA) is 192 Å². The Hall–Kier alpha value is -4.65. The summed E-state index contributed by atoms with van der Waals surface area (Å²) >= 11 is 0. The fraction of sp³-hybridized carbons (Fsp3) is 0.634. The summed E-state index contributed by atoms with van der Waals surface area (Å²) in [6, 6.07) is 1.36. The molecule has 1 aromatic carbocycles. The molecule has 2 aromatic rings. The van der Waals surface area contributed by atoms with Gasteiger partial charge in [-0.25, -0.2) is 31.4 Å². The van der Waals surface area contributed by atoms with Crippen molar-refractivity contribution < 1.29 is 59.7 Å². The molecule has 1 saturated heterocycles. The monoisotopic (exact) mass is 865 g/mol. The van der Waals surface area contributed by atoms with Crippen molar-refractivity contribution in [2.24, 2.45) is 5.92 Å². The summed E-state index contributed by atoms with van der Waals surface area (Å²) in [5.41, 5.74) is -3.97. The SMILES string of the molecule is CCOc1cc2ccnc(O[C@@H]3C[C@H]4C(=O)N[C@]5(C(=O)NS(=O)(=O)C6(C)CC6)C[C@H]5C=CCC[C@@H](C)O[C@@H](CC)[C@H](NC(=O)OC(C)(C)C(C)(F)F)C(=O)N4C3)c2cc1F. The second-order valence-electron chi connectivity index (χ2n) is 17.0. The molecule has 330 valence electrons. The van der Waals surface area contributed by atoms with Crippen molar-refractivity contribution in [1.29, 1.82) is 0 Å². The number of ether oxygens (including phenoxy) is 4. The van der Waals surface area contributed by atoms with Crippen LogP contribution >= 0.6 is 0 Å². The molecule has 2 aliphatic heterocycles. The van der Waals surface area contributed by atoms with Gasteiger partial charge in [-0.3, -0.25) is 19.1 Å². The maximum atomic E-state index is 15.1. The van der Waals surface area contributed by atoms with Gasteiger partial charge in [0.2, 0.25) is 27.7 Å². The number of fused-ring (bicyclic) bond motifs is 3. The fourth-order valence-corrected chi connectivity index (χ4v) is 8.76. The number of rotatable bonds is 11. The Balaban J connectivity index is 1.37. The first kappa shape index (κ1) is 44.9. The van der Waals surface area contributed by atoms with E-state index in [1.54, 1.807) is 39.0 Å². The fourth-order valence-electron chi connectivity index (χ4n) is 7.44. The number of benzene rings is 1. The summed E-state index contributed by atoms with van der Waals surface area (Å²) in [7, 11) is -4.10. The number of pyridine rings is 1. The van der Waals surface area contributed by atoms with Crippen LogP contribution in [0.4, 0.5) is 18.0 Å². The van der Waals surface area contributed by atoms with Crippen molar-refractivity contribution in [1.82, 2.24) is 25.2 Å². The van der Waals surface area contributed by atoms with Gasteiger partial charge < -0.3 is 34.5 Å². The molecule has 0 bridgehead atoms. The average Bonchev–Trinajstić information content (AvgIpc) is 4.04. The quantitative estimate of drug-likeness (QED) is 0.256. The zero-order chi connectivity index (χ0) is 44.0. The van der Waals surface area contributed by atoms with E-state index in [0.29, 0.717) is 38.0 Å². The lowest BCUT2D eigenvalue weighted by atomic mass is 10.0. The zero-order valence-electron chi connectivity index (χ0n) is 34.8. The molecule has 0 unspecified atom stereocenters. The molecule has 7 atom stereocenters. The minimum Gasteiger partial charge on any atom is -0.491 e. The standard InChI is InChI=1S/C41H54F3N5O10S/c1-8-30-32(46-37(53)59-38(4,5)40(7,43)44)35(51)49-22-26(58-34-27-20-28(42)31(56-9-2)18-24(27)14-17-45-34)19-29(49)33(50)47-41(21-25(41)13-11-10-12-23(3)57-30)36(52)48-60(54,55)39(6)15-16-39/h11,13-14,17-18,20,23,25-26,29-30,32H,8-10,12,15-16,19,21-22H2,1-7H3,(H,46,53)(H,47,50)(H,48,52)/t23-,25-,26-,29+,30+,32+,41-/m1/s1. The molecule has 6 rings (SSSR count). The second-order valence-corrected chi connectivity index (χ2v) is 19.2. The van der Waals surface area contributed by atoms with Crippen LogP contribution in [0.3, 0.4) is 0 Å². The molecular weight excluding hydrogens is 812 g/mol. The van der Waals surface area contributed by atoms with E-state index in [4.69, 9.17) is 18.9 Å². The Morgan fingerprint density at radius 1 is 1.15 bits per heavy atom. The lowest BCUT2D eigenvalue weighted by Gasteiger charge is -2.35. The first-order valence-corrected chi connectivity index (χ1v) is 21.8. The van der Waals surface area contributed by atoms with Gasteiger partial charge in [-0.15, -0.1) is 0 Å². The van der Waals surface area contributed by atoms with Crippen LogP contribution in [0.1, 0.15) is 93.4 Å². The Morgan fingerprint density at radius 3 is 2.52 bits per heavy atom. The Labute approximate surface area is 347 Å². The van der Waals surface area contributed by atoms with Gasteiger partial charge in [0.25, 0.3) is 11.8 Å². The highest BCUT2D eigenvalue weighted by Crippen LogP contribution is 2.47. The van der Waals surface area contributed by atoms with Crippen LogP contribution in [-0.2, 0) is 33.9 Å². The molecule has 60 heavy (non-hydrogen) atoms. The highest BCUT2D eigenvalue weighted by Gasteiger charge is 2.63. The highest BCUT2D eigenvalue weighted by molar-refractivity contribution is 7.91. The van der Waals surface area contributed by atoms with E-state index < -0.39 is 97.8 Å². The summed E-state index contributed by atoms with van der Waals surface area (Å²) in [4.78, 5) is 62.2. The lowest BCUT2D eigenvalue weighted by Crippen LogP contribution is -2.61. The number of allylic oxidation sites excluding steroid dienone is 1. The summed E-state index contributed by atoms with van der Waals surface area (Å²) in [6.07, 6.45) is 2.76. The lowest BCUT2D eigenvalue weighted by molar-refractivity contribution is -0.153. The average molecular weight is 866 g/mol. The zero-order valence-corrected chi connectivity index (χ0v) is 35.6. The number of hydrogen-bond acceptors (Lipinski definition) is 11. The van der Waals surface area contributed by atoms with Gasteiger partial charge in [0, 0.05) is 30.8 Å². The number of sulfonamides is 1. The number of alkyl halides is 2. The molecule has 19 heteroatoms. The van der Waals surface area contributed by atoms with Crippen molar-refractivity contribution in [2.75, 3.05) is 13.2 Å². The number of halogens is 3. The number of alkyl carbamates (subject to hydrolysis) is 1. The maximum Gasteiger partial charge on any atom is 0.408 e. The van der Waals surface area contributed by atoms with Crippen molar-refractivity contribution in [3.05, 3.63) is 42.4 Å². The van der Waals surface area contributed by atoms with Crippen molar-refractivity contribution >= 4 is 44.6 Å². The molecule has 2 aliphatic carbocycles. The molecule has 1 aromatic heterocycles. The third kappa shape index (κ3) is 9.16. The summed E-state index contributed by atoms with van der Waals surface area (Å²) in [5, 5.41) is 6.03. The Bertz CT molecular complexity index is 2150. The minimum absolute atomic E-state index is 0.0124. The predicted molar refractivity (Wildman–Crippen MR) is 212 cm³/mol. The number of amides is 4. The number of nitrogens with one attached hydrogen (secondary N) is 3. The molecule has 0 spiro atoms. The molecule has 0 radical (unpaired) electrons. The van der Waals surface area contributed by atoms with Gasteiger partial charge in [-0.2, -0.15) is 0 Å². The normalized spacial score (nSPS) is 28.3. The van der Waals surface area contributed by atoms with Crippen LogP contribution in [0.15, 0.2) is 36.5 Å². The molecule has 2 saturated carbocycles. The van der Waals surface area contributed by atoms with Crippen molar-refractivity contribution in [2.45, 2.75) is 146 Å². The Morgan fingerprint density at radius 2 is 1.87 bits per heavy atom. The van der Waals surface area contributed by atoms with Gasteiger partial charge >= 0.3 is 6.09 Å². The summed E-state index contributed by atoms with van der Waals surface area (Å²) in [6.45, 7) is 9.28. The molecule has 15 nitrogen and oxygen atoms in total. The largest absolute Gasteiger partial charge is 0.491 e. The smallest absolute Gasteiger partial charge is 0.408 e. The maximum absolute atomic E-state index is 15.1. The third-order valence-corrected chi connectivity index (χ3v) is 14.2. The number of aromatic nitrogens is 1. The van der Waals surface area contributed by atoms with E-state index in [-0.39, 0.29) is 49.4 Å². The van der Waals surface area contributed by atoms with Crippen LogP contribution in [-0.4, -0.2) is 107 Å². The van der Waals surface area contributed by atoms with Crippen molar-refractivity contribution in [3.8, 4) is 11.6 Å². The van der Waals surface area contributed by atoms with Crippen LogP contribution in [0.25, 0.3) is 10.8 Å². The highest BCUT2D eigenvalue weighted by atomic mass is 32.2. The molecule has 3 N–H and O–H groups in total. The van der Waals surface area contributed by atoms with Gasteiger partial charge in [0.1, 0.15) is 23.7 Å². The predicted octanol–water partition coefficient (Wildman–Crippen LogP) is 5.06. The number of carbonyl (C=O) groups excluding carboxylic acids is 4. The van der Waals surface area contributed by atoms with Crippen molar-refractivity contribution in [3.63, 3.8) is 0 Å². The van der Waals surface area contributed by atoms with E-state index in [2.05, 4.69) is 20.3 Å². The Kier molecular flexibility index (Phi) is 12.5. The van der Waals surface area contributed by atoms with E-state index >= 15 is 4.39 Å². The van der Waals surface area contributed by atoms with Crippen LogP contribution < -0.4 is 24.8 Å². The molecule has 4 aliphatic rings. The first-order chi connectivity index (χ1) is 28.0. The van der Waals surface area contributed by atoms with Gasteiger partial charge in [0.15, 0.2) is 17.2 Å². The van der Waals surface area contributed by atoms with E-state index in [0.717, 1.165) is 18.7 Å². The van der Waals surface area contributed by atoms with Gasteiger partial charge in [0.05, 0.1) is 30.1 Å². The van der Waals surface area contributed by atoms with E-state index in [9.17, 15) is 36.4 Å². The summed E-state index contributed by atoms with van der Waals surface area (Å²) < 4.78 is 94.6. The van der Waals surface area contributed by atoms with E-state index in [1.807, 2.05) is 0 Å². The first-order valence-electron chi connectivity index (χ1n) is 20.3. The molecule has 3 heterocycles. The van der Waals surface area contributed by atoms with E-state index in [1.165, 1.54) is 25.3 Å². The molecule has 3 fully saturated rings. The summed E-state index contributed by atoms with van der Waals surface area (Å²) in [5.74, 6) is -7.31.